The third-order valence-electron chi connectivity index (χ3n) is 2.98. The highest BCUT2D eigenvalue weighted by molar-refractivity contribution is 6.42. The zero-order valence-electron chi connectivity index (χ0n) is 9.58. The first-order chi connectivity index (χ1) is 8.11. The molecule has 1 saturated carbocycles. The van der Waals surface area contributed by atoms with Gasteiger partial charge in [0.2, 0.25) is 0 Å². The molecule has 0 heterocycles. The van der Waals surface area contributed by atoms with Gasteiger partial charge >= 0.3 is 0 Å². The monoisotopic (exact) mass is 272 g/mol. The first-order valence-electron chi connectivity index (χ1n) is 5.61. The molecular formula is C13H14Cl2O2. The van der Waals surface area contributed by atoms with Crippen LogP contribution in [0.4, 0.5) is 0 Å². The first kappa shape index (κ1) is 12.9. The van der Waals surface area contributed by atoms with Gasteiger partial charge in [0.1, 0.15) is 6.10 Å². The summed E-state index contributed by atoms with van der Waals surface area (Å²) in [7, 11) is 1.59. The van der Waals surface area contributed by atoms with Gasteiger partial charge < -0.3 is 4.74 Å². The highest BCUT2D eigenvalue weighted by Gasteiger charge is 2.35. The fraction of sp³-hybridized carbons (Fsp3) is 0.462. The number of ketones is 1. The molecule has 2 nitrogen and oxygen atoms in total. The van der Waals surface area contributed by atoms with E-state index < -0.39 is 0 Å². The van der Waals surface area contributed by atoms with Crippen molar-refractivity contribution in [3.8, 4) is 0 Å². The maximum Gasteiger partial charge on any atom is 0.166 e. The summed E-state index contributed by atoms with van der Waals surface area (Å²) in [4.78, 5) is 12.0. The lowest BCUT2D eigenvalue weighted by molar-refractivity contribution is -0.129. The van der Waals surface area contributed by atoms with E-state index >= 15 is 0 Å². The van der Waals surface area contributed by atoms with Gasteiger partial charge in [-0.1, -0.05) is 29.3 Å². The molecule has 0 saturated heterocycles. The molecule has 1 fully saturated rings. The van der Waals surface area contributed by atoms with Gasteiger partial charge in [-0.25, -0.2) is 0 Å². The standard InChI is InChI=1S/C13H14Cl2O2/c1-17-13(9-3-4-9)12(16)7-8-2-5-10(14)11(15)6-8/h2,5-6,9,13H,3-4,7H2,1H3. The smallest absolute Gasteiger partial charge is 0.166 e. The van der Waals surface area contributed by atoms with E-state index in [1.165, 1.54) is 0 Å². The van der Waals surface area contributed by atoms with Gasteiger partial charge in [0.05, 0.1) is 10.0 Å². The minimum absolute atomic E-state index is 0.119. The Morgan fingerprint density at radius 1 is 1.41 bits per heavy atom. The third kappa shape index (κ3) is 3.21. The zero-order chi connectivity index (χ0) is 12.4. The number of Topliss-reactive ketones (excluding diaryl/α,β-unsaturated/α-hetero) is 1. The van der Waals surface area contributed by atoms with Crippen LogP contribution in [0.3, 0.4) is 0 Å². The van der Waals surface area contributed by atoms with Crippen molar-refractivity contribution >= 4 is 29.0 Å². The maximum absolute atomic E-state index is 12.0. The van der Waals surface area contributed by atoms with Crippen LogP contribution in [0.2, 0.25) is 10.0 Å². The Kier molecular flexibility index (Phi) is 4.08. The average Bonchev–Trinajstić information content (AvgIpc) is 3.09. The average molecular weight is 273 g/mol. The van der Waals surface area contributed by atoms with Gasteiger partial charge in [-0.15, -0.1) is 0 Å². The van der Waals surface area contributed by atoms with Crippen molar-refractivity contribution in [2.24, 2.45) is 5.92 Å². The number of hydrogen-bond donors (Lipinski definition) is 0. The molecule has 0 spiro atoms. The lowest BCUT2D eigenvalue weighted by Crippen LogP contribution is -2.26. The minimum atomic E-state index is -0.260. The minimum Gasteiger partial charge on any atom is -0.373 e. The molecule has 0 aromatic heterocycles. The highest BCUT2D eigenvalue weighted by Crippen LogP contribution is 2.35. The number of methoxy groups -OCH3 is 1. The van der Waals surface area contributed by atoms with Crippen LogP contribution in [-0.4, -0.2) is 19.0 Å². The Labute approximate surface area is 111 Å². The van der Waals surface area contributed by atoms with E-state index in [0.29, 0.717) is 22.4 Å². The molecule has 17 heavy (non-hydrogen) atoms. The van der Waals surface area contributed by atoms with Crippen LogP contribution < -0.4 is 0 Å². The molecule has 0 aliphatic heterocycles. The molecule has 1 aliphatic rings. The SMILES string of the molecule is COC(C(=O)Cc1ccc(Cl)c(Cl)c1)C1CC1. The normalized spacial score (nSPS) is 16.9. The van der Waals surface area contributed by atoms with Crippen LogP contribution in [0.1, 0.15) is 18.4 Å². The summed E-state index contributed by atoms with van der Waals surface area (Å²) >= 11 is 11.7. The van der Waals surface area contributed by atoms with Gasteiger partial charge in [-0.2, -0.15) is 0 Å². The lowest BCUT2D eigenvalue weighted by Gasteiger charge is -2.13. The Morgan fingerprint density at radius 2 is 2.12 bits per heavy atom. The van der Waals surface area contributed by atoms with Crippen LogP contribution in [0, 0.1) is 5.92 Å². The number of benzene rings is 1. The Bertz CT molecular complexity index is 427. The van der Waals surface area contributed by atoms with E-state index in [0.717, 1.165) is 18.4 Å². The Morgan fingerprint density at radius 3 is 2.65 bits per heavy atom. The highest BCUT2D eigenvalue weighted by atomic mass is 35.5. The second-order valence-electron chi connectivity index (χ2n) is 4.39. The van der Waals surface area contributed by atoms with Crippen molar-refractivity contribution < 1.29 is 9.53 Å². The van der Waals surface area contributed by atoms with E-state index in [1.54, 1.807) is 19.2 Å². The van der Waals surface area contributed by atoms with Crippen LogP contribution in [0.15, 0.2) is 18.2 Å². The van der Waals surface area contributed by atoms with Crippen LogP contribution in [-0.2, 0) is 16.0 Å². The fourth-order valence-corrected chi connectivity index (χ4v) is 2.26. The largest absolute Gasteiger partial charge is 0.373 e. The number of rotatable bonds is 5. The van der Waals surface area contributed by atoms with Crippen molar-refractivity contribution in [3.63, 3.8) is 0 Å². The molecule has 4 heteroatoms. The first-order valence-corrected chi connectivity index (χ1v) is 6.37. The second-order valence-corrected chi connectivity index (χ2v) is 5.20. The molecular weight excluding hydrogens is 259 g/mol. The number of ether oxygens (including phenoxy) is 1. The van der Waals surface area contributed by atoms with Gasteiger partial charge in [-0.3, -0.25) is 4.79 Å². The molecule has 1 aromatic carbocycles. The lowest BCUT2D eigenvalue weighted by atomic mass is 10.0. The van der Waals surface area contributed by atoms with Crippen LogP contribution in [0.25, 0.3) is 0 Å². The zero-order valence-corrected chi connectivity index (χ0v) is 11.1. The van der Waals surface area contributed by atoms with E-state index in [4.69, 9.17) is 27.9 Å². The van der Waals surface area contributed by atoms with Crippen molar-refractivity contribution in [1.82, 2.24) is 0 Å². The summed E-state index contributed by atoms with van der Waals surface area (Å²) in [5.41, 5.74) is 0.882. The number of carbonyl (C=O) groups is 1. The van der Waals surface area contributed by atoms with Crippen LogP contribution in [0.5, 0.6) is 0 Å². The molecule has 0 N–H and O–H groups in total. The van der Waals surface area contributed by atoms with Gasteiger partial charge in [0.15, 0.2) is 5.78 Å². The molecule has 0 amide bonds. The molecule has 1 aliphatic carbocycles. The molecule has 2 rings (SSSR count). The quantitative estimate of drug-likeness (QED) is 0.820. The maximum atomic E-state index is 12.0. The molecule has 1 aromatic rings. The van der Waals surface area contributed by atoms with E-state index in [-0.39, 0.29) is 11.9 Å². The summed E-state index contributed by atoms with van der Waals surface area (Å²) in [5.74, 6) is 0.531. The van der Waals surface area contributed by atoms with Crippen LogP contribution >= 0.6 is 23.2 Å². The van der Waals surface area contributed by atoms with Crippen molar-refractivity contribution in [2.45, 2.75) is 25.4 Å². The van der Waals surface area contributed by atoms with Crippen molar-refractivity contribution in [1.29, 1.82) is 0 Å². The molecule has 1 unspecified atom stereocenters. The predicted molar refractivity (Wildman–Crippen MR) is 68.7 cm³/mol. The van der Waals surface area contributed by atoms with Crippen molar-refractivity contribution in [3.05, 3.63) is 33.8 Å². The molecule has 92 valence electrons. The van der Waals surface area contributed by atoms with Gasteiger partial charge in [0, 0.05) is 13.5 Å². The summed E-state index contributed by atoms with van der Waals surface area (Å²) in [6.07, 6.45) is 2.27. The summed E-state index contributed by atoms with van der Waals surface area (Å²) < 4.78 is 5.25. The molecule has 0 bridgehead atoms. The van der Waals surface area contributed by atoms with Gasteiger partial charge in [-0.05, 0) is 36.5 Å². The summed E-state index contributed by atoms with van der Waals surface area (Å²) in [6.45, 7) is 0. The van der Waals surface area contributed by atoms with E-state index in [9.17, 15) is 4.79 Å². The third-order valence-corrected chi connectivity index (χ3v) is 3.72. The number of halogens is 2. The van der Waals surface area contributed by atoms with E-state index in [2.05, 4.69) is 0 Å². The Hall–Kier alpha value is -0.570. The van der Waals surface area contributed by atoms with Crippen molar-refractivity contribution in [2.75, 3.05) is 7.11 Å². The summed E-state index contributed by atoms with van der Waals surface area (Å²) in [5, 5.41) is 0.991. The van der Waals surface area contributed by atoms with E-state index in [1.807, 2.05) is 6.07 Å². The predicted octanol–water partition coefficient (Wildman–Crippen LogP) is 3.53. The molecule has 1 atom stereocenters. The second kappa shape index (κ2) is 5.38. The topological polar surface area (TPSA) is 26.3 Å². The number of carbonyl (C=O) groups excluding carboxylic acids is 1. The fourth-order valence-electron chi connectivity index (χ4n) is 1.94. The number of hydrogen-bond acceptors (Lipinski definition) is 2. The summed E-state index contributed by atoms with van der Waals surface area (Å²) in [6, 6.07) is 5.28. The Balaban J connectivity index is 2.04. The van der Waals surface area contributed by atoms with Gasteiger partial charge in [0.25, 0.3) is 0 Å². The molecule has 0 radical (unpaired) electrons.